The lowest BCUT2D eigenvalue weighted by molar-refractivity contribution is 0.0342. The number of anilines is 1. The van der Waals surface area contributed by atoms with E-state index >= 15 is 0 Å². The molecule has 0 radical (unpaired) electrons. The summed E-state index contributed by atoms with van der Waals surface area (Å²) in [5, 5.41) is 0. The Hall–Kier alpha value is -3.58. The highest BCUT2D eigenvalue weighted by atomic mass is 16.5. The molecule has 6 nitrogen and oxygen atoms in total. The van der Waals surface area contributed by atoms with E-state index < -0.39 is 0 Å². The number of hydrogen-bond acceptors (Lipinski definition) is 6. The Morgan fingerprint density at radius 2 is 1.12 bits per heavy atom. The van der Waals surface area contributed by atoms with Gasteiger partial charge in [-0.05, 0) is 73.0 Å². The highest BCUT2D eigenvalue weighted by molar-refractivity contribution is 5.66. The Balaban J connectivity index is 0.000000182. The van der Waals surface area contributed by atoms with Crippen molar-refractivity contribution in [2.75, 3.05) is 64.4 Å². The maximum Gasteiger partial charge on any atom is 0.0594 e. The molecule has 0 aliphatic carbocycles. The third-order valence-electron chi connectivity index (χ3n) is 7.62. The summed E-state index contributed by atoms with van der Waals surface area (Å²) in [6.45, 7) is 17.4. The summed E-state index contributed by atoms with van der Waals surface area (Å²) in [5.74, 6) is 0. The maximum atomic E-state index is 5.38. The molecule has 4 aromatic rings. The van der Waals surface area contributed by atoms with Crippen LogP contribution in [0.2, 0.25) is 0 Å². The van der Waals surface area contributed by atoms with Gasteiger partial charge in [-0.3, -0.25) is 14.9 Å². The molecule has 6 rings (SSSR count). The van der Waals surface area contributed by atoms with Crippen molar-refractivity contribution in [3.63, 3.8) is 0 Å². The summed E-state index contributed by atoms with van der Waals surface area (Å²) in [7, 11) is 2.19. The first kappa shape index (κ1) is 31.4. The zero-order chi connectivity index (χ0) is 29.7. The summed E-state index contributed by atoms with van der Waals surface area (Å²) in [6.07, 6.45) is 7.63. The first-order valence-electron chi connectivity index (χ1n) is 15.3. The van der Waals surface area contributed by atoms with Crippen molar-refractivity contribution in [2.45, 2.75) is 34.2 Å². The van der Waals surface area contributed by atoms with Crippen LogP contribution in [0.1, 0.15) is 30.5 Å². The topological polar surface area (TPSA) is 44.7 Å². The molecule has 4 heterocycles. The van der Waals surface area contributed by atoms with Crippen LogP contribution in [0, 0.1) is 13.8 Å². The number of hydrogen-bond donors (Lipinski definition) is 0. The van der Waals surface area contributed by atoms with Gasteiger partial charge in [0.2, 0.25) is 0 Å². The molecule has 0 N–H and O–H groups in total. The van der Waals surface area contributed by atoms with Crippen molar-refractivity contribution in [1.82, 2.24) is 19.8 Å². The van der Waals surface area contributed by atoms with Crippen molar-refractivity contribution in [1.29, 1.82) is 0 Å². The van der Waals surface area contributed by atoms with E-state index in [1.165, 1.54) is 44.6 Å². The first-order chi connectivity index (χ1) is 20.5. The number of aromatic nitrogens is 2. The van der Waals surface area contributed by atoms with Gasteiger partial charge in [0.05, 0.1) is 13.2 Å². The second-order valence-corrected chi connectivity index (χ2v) is 10.9. The minimum absolute atomic E-state index is 0.854. The molecule has 2 aliphatic heterocycles. The lowest BCUT2D eigenvalue weighted by atomic mass is 10.0. The van der Waals surface area contributed by atoms with E-state index in [4.69, 9.17) is 4.74 Å². The predicted molar refractivity (Wildman–Crippen MR) is 176 cm³/mol. The third-order valence-corrected chi connectivity index (χ3v) is 7.62. The second kappa shape index (κ2) is 16.2. The molecule has 2 aromatic carbocycles. The Bertz CT molecular complexity index is 1340. The number of ether oxygens (including phenoxy) is 1. The average molecular weight is 566 g/mol. The van der Waals surface area contributed by atoms with Crippen LogP contribution in [-0.4, -0.2) is 79.3 Å². The van der Waals surface area contributed by atoms with Crippen LogP contribution in [0.3, 0.4) is 0 Å². The van der Waals surface area contributed by atoms with Crippen LogP contribution < -0.4 is 4.90 Å². The van der Waals surface area contributed by atoms with E-state index in [0.717, 1.165) is 59.0 Å². The fourth-order valence-electron chi connectivity index (χ4n) is 5.18. The van der Waals surface area contributed by atoms with Crippen LogP contribution in [0.25, 0.3) is 22.3 Å². The summed E-state index contributed by atoms with van der Waals surface area (Å²) >= 11 is 0. The van der Waals surface area contributed by atoms with Crippen molar-refractivity contribution in [2.24, 2.45) is 0 Å². The molecule has 0 bridgehead atoms. The molecule has 2 aromatic heterocycles. The highest BCUT2D eigenvalue weighted by Gasteiger charge is 2.14. The predicted octanol–water partition coefficient (Wildman–Crippen LogP) is 6.72. The van der Waals surface area contributed by atoms with Crippen LogP contribution in [0.4, 0.5) is 5.69 Å². The number of nitrogens with zero attached hydrogens (tertiary/aromatic N) is 5. The molecule has 2 aliphatic rings. The second-order valence-electron chi connectivity index (χ2n) is 10.9. The number of pyridine rings is 2. The lowest BCUT2D eigenvalue weighted by Crippen LogP contribution is -2.44. The van der Waals surface area contributed by atoms with Gasteiger partial charge in [0, 0.05) is 87.4 Å². The Morgan fingerprint density at radius 3 is 1.62 bits per heavy atom. The van der Waals surface area contributed by atoms with E-state index in [0.29, 0.717) is 0 Å². The molecule has 0 amide bonds. The fourth-order valence-corrected chi connectivity index (χ4v) is 5.18. The summed E-state index contributed by atoms with van der Waals surface area (Å²) in [5.41, 5.74) is 9.91. The standard InChI is InChI=1S/C17H21N3.C17H20N2O.C2H6/c1-14-11-16(13-18-12-14)15-3-5-17(6-4-15)20-9-7-19(2)8-10-20;1-14-10-17(12-18-11-14)16-4-2-15(3-5-16)13-19-6-8-20-9-7-19;1-2/h3-6,11-13H,7-10H2,1-2H3;2-5,10-12H,6-9,13H2,1H3;1-2H3. The SMILES string of the molecule is CC.Cc1cncc(-c2ccc(CN3CCOCC3)cc2)c1.Cc1cncc(-c2ccc(N3CCN(C)CC3)cc2)c1. The molecule has 0 unspecified atom stereocenters. The van der Waals surface area contributed by atoms with Gasteiger partial charge in [-0.1, -0.05) is 50.2 Å². The normalized spacial score (nSPS) is 15.7. The van der Waals surface area contributed by atoms with Gasteiger partial charge in [0.1, 0.15) is 0 Å². The van der Waals surface area contributed by atoms with E-state index in [-0.39, 0.29) is 0 Å². The molecule has 0 saturated carbocycles. The molecular formula is C36H47N5O. The first-order valence-corrected chi connectivity index (χ1v) is 15.3. The highest BCUT2D eigenvalue weighted by Crippen LogP contribution is 2.24. The van der Waals surface area contributed by atoms with E-state index in [2.05, 4.69) is 106 Å². The van der Waals surface area contributed by atoms with Gasteiger partial charge in [-0.15, -0.1) is 0 Å². The number of aryl methyl sites for hydroxylation is 2. The van der Waals surface area contributed by atoms with Crippen LogP contribution in [0.5, 0.6) is 0 Å². The average Bonchev–Trinajstić information content (AvgIpc) is 3.04. The molecule has 42 heavy (non-hydrogen) atoms. The summed E-state index contributed by atoms with van der Waals surface area (Å²) in [4.78, 5) is 15.8. The fraction of sp³-hybridized carbons (Fsp3) is 0.389. The quantitative estimate of drug-likeness (QED) is 0.268. The van der Waals surface area contributed by atoms with Gasteiger partial charge in [0.25, 0.3) is 0 Å². The van der Waals surface area contributed by atoms with Gasteiger partial charge >= 0.3 is 0 Å². The van der Waals surface area contributed by atoms with Crippen LogP contribution in [0.15, 0.2) is 85.5 Å². The minimum atomic E-state index is 0.854. The largest absolute Gasteiger partial charge is 0.379 e. The van der Waals surface area contributed by atoms with E-state index in [1.54, 1.807) is 0 Å². The summed E-state index contributed by atoms with van der Waals surface area (Å²) < 4.78 is 5.38. The third kappa shape index (κ3) is 9.21. The van der Waals surface area contributed by atoms with Crippen LogP contribution in [-0.2, 0) is 11.3 Å². The number of rotatable bonds is 5. The van der Waals surface area contributed by atoms with E-state index in [9.17, 15) is 0 Å². The van der Waals surface area contributed by atoms with E-state index in [1.807, 2.05) is 38.6 Å². The minimum Gasteiger partial charge on any atom is -0.379 e. The number of benzene rings is 2. The Morgan fingerprint density at radius 1 is 0.619 bits per heavy atom. The smallest absolute Gasteiger partial charge is 0.0594 e. The monoisotopic (exact) mass is 565 g/mol. The molecule has 0 atom stereocenters. The van der Waals surface area contributed by atoms with Crippen molar-refractivity contribution < 1.29 is 4.74 Å². The zero-order valence-corrected chi connectivity index (χ0v) is 26.1. The van der Waals surface area contributed by atoms with Gasteiger partial charge in [-0.25, -0.2) is 0 Å². The Kier molecular flexibility index (Phi) is 12.1. The lowest BCUT2D eigenvalue weighted by Gasteiger charge is -2.34. The number of morpholine rings is 1. The van der Waals surface area contributed by atoms with Gasteiger partial charge in [0.15, 0.2) is 0 Å². The molecule has 222 valence electrons. The van der Waals surface area contributed by atoms with Crippen LogP contribution >= 0.6 is 0 Å². The molecular weight excluding hydrogens is 518 g/mol. The van der Waals surface area contributed by atoms with Crippen molar-refractivity contribution in [3.8, 4) is 22.3 Å². The van der Waals surface area contributed by atoms with Gasteiger partial charge in [-0.2, -0.15) is 0 Å². The number of piperazine rings is 1. The summed E-state index contributed by atoms with van der Waals surface area (Å²) in [6, 6.07) is 22.0. The van der Waals surface area contributed by atoms with Crippen molar-refractivity contribution >= 4 is 5.69 Å². The maximum absolute atomic E-state index is 5.38. The molecule has 6 heteroatoms. The molecule has 2 fully saturated rings. The Labute approximate surface area is 253 Å². The van der Waals surface area contributed by atoms with Crippen molar-refractivity contribution in [3.05, 3.63) is 102 Å². The zero-order valence-electron chi connectivity index (χ0n) is 26.1. The van der Waals surface area contributed by atoms with Gasteiger partial charge < -0.3 is 14.5 Å². The molecule has 2 saturated heterocycles. The molecule has 0 spiro atoms. The number of likely N-dealkylation sites (N-methyl/N-ethyl adjacent to an activating group) is 1.